The summed E-state index contributed by atoms with van der Waals surface area (Å²) in [5.41, 5.74) is 6.21. The van der Waals surface area contributed by atoms with E-state index in [0.717, 1.165) is 0 Å². The van der Waals surface area contributed by atoms with Gasteiger partial charge in [0.1, 0.15) is 25.1 Å². The van der Waals surface area contributed by atoms with E-state index in [2.05, 4.69) is 21.5 Å². The first kappa shape index (κ1) is 15.0. The molecule has 9 heteroatoms. The van der Waals surface area contributed by atoms with E-state index in [0.29, 0.717) is 18.1 Å². The van der Waals surface area contributed by atoms with Gasteiger partial charge in [0.15, 0.2) is 23.9 Å². The van der Waals surface area contributed by atoms with Crippen molar-refractivity contribution in [3.63, 3.8) is 0 Å². The number of nitrogens with zero attached hydrogens (tertiary/aromatic N) is 4. The highest BCUT2D eigenvalue weighted by Crippen LogP contribution is 2.43. The number of nitrogens with two attached hydrogens (primary N) is 1. The normalized spacial score (nSPS) is 36.5. The van der Waals surface area contributed by atoms with Crippen LogP contribution in [0.2, 0.25) is 0 Å². The second-order valence-electron chi connectivity index (χ2n) is 5.31. The molecular formula is C13H18N5O4+. The molecule has 1 unspecified atom stereocenters. The van der Waals surface area contributed by atoms with Crippen molar-refractivity contribution in [2.24, 2.45) is 4.99 Å². The molecule has 1 fully saturated rings. The van der Waals surface area contributed by atoms with Crippen LogP contribution in [0.1, 0.15) is 0 Å². The molecule has 3 rings (SSSR count). The van der Waals surface area contributed by atoms with Crippen molar-refractivity contribution in [3.8, 4) is 0 Å². The Balaban J connectivity index is 2.08. The Morgan fingerprint density at radius 2 is 2.14 bits per heavy atom. The topological polar surface area (TPSA) is 134 Å². The third-order valence-electron chi connectivity index (χ3n) is 4.02. The monoisotopic (exact) mass is 308 g/mol. The van der Waals surface area contributed by atoms with Gasteiger partial charge < -0.3 is 25.8 Å². The lowest BCUT2D eigenvalue weighted by molar-refractivity contribution is -0.0641. The van der Waals surface area contributed by atoms with E-state index >= 15 is 0 Å². The fourth-order valence-electron chi connectivity index (χ4n) is 2.92. The summed E-state index contributed by atoms with van der Waals surface area (Å²) < 4.78 is 5.56. The van der Waals surface area contributed by atoms with Gasteiger partial charge in [-0.15, -0.1) is 0 Å². The second kappa shape index (κ2) is 5.38. The Bertz CT molecular complexity index is 624. The molecule has 0 spiro atoms. The number of hydrogen-bond donors (Lipinski definition) is 4. The van der Waals surface area contributed by atoms with E-state index in [1.165, 1.54) is 12.7 Å². The molecule has 0 radical (unpaired) electrons. The van der Waals surface area contributed by atoms with Crippen LogP contribution < -0.4 is 10.2 Å². The Kier molecular flexibility index (Phi) is 3.67. The van der Waals surface area contributed by atoms with Crippen LogP contribution in [0.3, 0.4) is 0 Å². The lowest BCUT2D eigenvalue weighted by atomic mass is 10.1. The predicted molar refractivity (Wildman–Crippen MR) is 79.2 cm³/mol. The summed E-state index contributed by atoms with van der Waals surface area (Å²) in [4.78, 5) is 12.4. The molecule has 0 bridgehead atoms. The van der Waals surface area contributed by atoms with Crippen molar-refractivity contribution in [1.82, 2.24) is 14.5 Å². The van der Waals surface area contributed by atoms with Crippen LogP contribution >= 0.6 is 0 Å². The molecule has 3 heterocycles. The van der Waals surface area contributed by atoms with Crippen molar-refractivity contribution in [3.05, 3.63) is 19.0 Å². The molecule has 1 saturated heterocycles. The zero-order valence-electron chi connectivity index (χ0n) is 11.8. The average molecular weight is 308 g/mol. The van der Waals surface area contributed by atoms with Crippen molar-refractivity contribution < 1.29 is 20.1 Å². The summed E-state index contributed by atoms with van der Waals surface area (Å²) in [5.74, 6) is 0.680. The van der Waals surface area contributed by atoms with Crippen molar-refractivity contribution >= 4 is 23.7 Å². The van der Waals surface area contributed by atoms with Gasteiger partial charge in [0, 0.05) is 0 Å². The van der Waals surface area contributed by atoms with Crippen LogP contribution in [0, 0.1) is 0 Å². The number of ether oxygens (including phenoxy) is 1. The first-order valence-corrected chi connectivity index (χ1v) is 6.82. The van der Waals surface area contributed by atoms with Crippen LogP contribution in [0.5, 0.6) is 0 Å². The van der Waals surface area contributed by atoms with Crippen LogP contribution in [0.15, 0.2) is 24.0 Å². The molecule has 22 heavy (non-hydrogen) atoms. The molecule has 2 aliphatic rings. The summed E-state index contributed by atoms with van der Waals surface area (Å²) >= 11 is 0. The smallest absolute Gasteiger partial charge is 0.267 e. The number of rotatable bonds is 4. The molecule has 0 amide bonds. The molecular weight excluding hydrogens is 290 g/mol. The SMILES string of the molecule is C=CC[N+]1([C@@H]2O[C@H](CO)[C@@H](O)[C@H]2O)C=Nc2c(N)ncnc21. The van der Waals surface area contributed by atoms with Gasteiger partial charge >= 0.3 is 0 Å². The lowest BCUT2D eigenvalue weighted by Gasteiger charge is -2.34. The maximum Gasteiger partial charge on any atom is 0.267 e. The lowest BCUT2D eigenvalue weighted by Crippen LogP contribution is -2.60. The second-order valence-corrected chi connectivity index (χ2v) is 5.31. The molecule has 1 aromatic heterocycles. The fourth-order valence-corrected chi connectivity index (χ4v) is 2.92. The third-order valence-corrected chi connectivity index (χ3v) is 4.02. The Morgan fingerprint density at radius 1 is 1.36 bits per heavy atom. The number of aliphatic hydroxyl groups excluding tert-OH is 3. The largest absolute Gasteiger partial charge is 0.394 e. The summed E-state index contributed by atoms with van der Waals surface area (Å²) in [5, 5.41) is 29.6. The predicted octanol–water partition coefficient (Wildman–Crippen LogP) is -1.34. The van der Waals surface area contributed by atoms with E-state index in [9.17, 15) is 15.3 Å². The number of nitrogen functional groups attached to an aromatic ring is 1. The molecule has 9 nitrogen and oxygen atoms in total. The molecule has 5 atom stereocenters. The number of aromatic nitrogens is 2. The number of anilines is 1. The van der Waals surface area contributed by atoms with Gasteiger partial charge in [0.05, 0.1) is 6.61 Å². The quantitative estimate of drug-likeness (QED) is 0.399. The minimum atomic E-state index is -1.22. The minimum Gasteiger partial charge on any atom is -0.394 e. The first-order valence-electron chi connectivity index (χ1n) is 6.82. The van der Waals surface area contributed by atoms with Crippen molar-refractivity contribution in [2.45, 2.75) is 24.5 Å². The summed E-state index contributed by atoms with van der Waals surface area (Å²) in [7, 11) is 0. The Labute approximate surface area is 126 Å². The van der Waals surface area contributed by atoms with Gasteiger partial charge in [0.2, 0.25) is 6.23 Å². The van der Waals surface area contributed by atoms with Crippen molar-refractivity contribution in [2.75, 3.05) is 18.9 Å². The highest BCUT2D eigenvalue weighted by molar-refractivity contribution is 5.91. The van der Waals surface area contributed by atoms with Crippen LogP contribution in [0.25, 0.3) is 0 Å². The zero-order valence-corrected chi connectivity index (χ0v) is 11.8. The maximum atomic E-state index is 10.3. The van der Waals surface area contributed by atoms with Gasteiger partial charge in [-0.25, -0.2) is 4.98 Å². The van der Waals surface area contributed by atoms with Crippen molar-refractivity contribution in [1.29, 1.82) is 0 Å². The molecule has 0 aliphatic carbocycles. The highest BCUT2D eigenvalue weighted by Gasteiger charge is 2.57. The molecule has 5 N–H and O–H groups in total. The molecule has 1 aromatic rings. The van der Waals surface area contributed by atoms with E-state index in [4.69, 9.17) is 10.5 Å². The van der Waals surface area contributed by atoms with Gasteiger partial charge in [-0.3, -0.25) is 0 Å². The number of quaternary nitrogens is 1. The molecule has 2 aliphatic heterocycles. The molecule has 118 valence electrons. The summed E-state index contributed by atoms with van der Waals surface area (Å²) in [6.07, 6.45) is 0.296. The minimum absolute atomic E-state index is 0.0969. The maximum absolute atomic E-state index is 10.3. The number of fused-ring (bicyclic) bond motifs is 1. The van der Waals surface area contributed by atoms with E-state index in [1.54, 1.807) is 6.08 Å². The Morgan fingerprint density at radius 3 is 2.77 bits per heavy atom. The fraction of sp³-hybridized carbons (Fsp3) is 0.462. The average Bonchev–Trinajstić information content (AvgIpc) is 3.02. The molecule has 0 saturated carbocycles. The molecule has 0 aromatic carbocycles. The van der Waals surface area contributed by atoms with E-state index in [1.807, 2.05) is 0 Å². The van der Waals surface area contributed by atoms with Crippen LogP contribution in [-0.2, 0) is 4.74 Å². The van der Waals surface area contributed by atoms with Gasteiger partial charge in [-0.2, -0.15) is 14.5 Å². The van der Waals surface area contributed by atoms with E-state index < -0.39 is 31.1 Å². The van der Waals surface area contributed by atoms with Gasteiger partial charge in [-0.1, -0.05) is 6.58 Å². The number of aliphatic imine (C=N–C) groups is 1. The number of aliphatic hydroxyl groups is 3. The van der Waals surface area contributed by atoms with Crippen LogP contribution in [0.4, 0.5) is 17.3 Å². The number of hydrogen-bond acceptors (Lipinski definition) is 8. The van der Waals surface area contributed by atoms with Gasteiger partial charge in [0.25, 0.3) is 5.82 Å². The van der Waals surface area contributed by atoms with Crippen LogP contribution in [-0.4, -0.2) is 69.3 Å². The summed E-state index contributed by atoms with van der Waals surface area (Å²) in [6, 6.07) is 0. The third kappa shape index (κ3) is 1.95. The summed E-state index contributed by atoms with van der Waals surface area (Å²) in [6.45, 7) is 3.63. The zero-order chi connectivity index (χ0) is 15.9. The Hall–Kier alpha value is -1.91. The van der Waals surface area contributed by atoms with E-state index in [-0.39, 0.29) is 10.3 Å². The standard InChI is InChI=1S/C13H18N5O4/c1-2-3-18(13-10(21)9(20)7(4-19)22-13)6-17-8-11(14)15-5-16-12(8)18/h2,5-7,9-10,13,19-21H,1,3-4H2,(H2,14,15,16)/q+1/t7-,9-,10-,13-,18?/m1/s1. The first-order chi connectivity index (χ1) is 10.5. The van der Waals surface area contributed by atoms with Gasteiger partial charge in [-0.05, 0) is 6.08 Å². The highest BCUT2D eigenvalue weighted by atomic mass is 16.6.